The fraction of sp³-hybridized carbons (Fsp3) is 0.0625. The molecule has 120 valence electrons. The number of nitrogens with one attached hydrogen (secondary N) is 1. The first-order chi connectivity index (χ1) is 10.9. The van der Waals surface area contributed by atoms with Crippen LogP contribution < -0.4 is 10.1 Å². The Kier molecular flexibility index (Phi) is 6.53. The minimum Gasteiger partial charge on any atom is -0.495 e. The first kappa shape index (κ1) is 18.3. The van der Waals surface area contributed by atoms with Gasteiger partial charge in [-0.2, -0.15) is 0 Å². The first-order valence-electron chi connectivity index (χ1n) is 6.38. The molecule has 2 aromatic rings. The largest absolute Gasteiger partial charge is 0.495 e. The molecule has 0 aliphatic carbocycles. The van der Waals surface area contributed by atoms with Gasteiger partial charge in [0.1, 0.15) is 5.75 Å². The minimum absolute atomic E-state index is 0.313. The van der Waals surface area contributed by atoms with Gasteiger partial charge in [-0.15, -0.1) is 0 Å². The topological polar surface area (TPSA) is 38.3 Å². The third-order valence-corrected chi connectivity index (χ3v) is 4.44. The molecule has 1 amide bonds. The van der Waals surface area contributed by atoms with Crippen molar-refractivity contribution in [3.8, 4) is 5.75 Å². The molecule has 0 bridgehead atoms. The zero-order valence-corrected chi connectivity index (χ0v) is 16.6. The second kappa shape index (κ2) is 8.20. The van der Waals surface area contributed by atoms with Gasteiger partial charge in [-0.1, -0.05) is 39.1 Å². The van der Waals surface area contributed by atoms with Crippen LogP contribution in [0.2, 0.25) is 10.0 Å². The van der Waals surface area contributed by atoms with E-state index in [1.807, 2.05) is 12.1 Å². The summed E-state index contributed by atoms with van der Waals surface area (Å²) in [6.45, 7) is 0. The summed E-state index contributed by atoms with van der Waals surface area (Å²) in [6, 6.07) is 8.58. The van der Waals surface area contributed by atoms with Crippen molar-refractivity contribution < 1.29 is 9.53 Å². The number of methoxy groups -OCH3 is 1. The maximum atomic E-state index is 12.0. The number of hydrogen-bond acceptors (Lipinski definition) is 2. The first-order valence-corrected chi connectivity index (χ1v) is 8.72. The highest BCUT2D eigenvalue weighted by Gasteiger charge is 2.08. The highest BCUT2D eigenvalue weighted by atomic mass is 79.9. The molecule has 23 heavy (non-hydrogen) atoms. The molecule has 2 aromatic carbocycles. The van der Waals surface area contributed by atoms with Crippen LogP contribution in [-0.2, 0) is 4.79 Å². The normalized spacial score (nSPS) is 10.8. The van der Waals surface area contributed by atoms with Gasteiger partial charge < -0.3 is 10.1 Å². The van der Waals surface area contributed by atoms with Gasteiger partial charge in [-0.05, 0) is 52.3 Å². The molecule has 0 aliphatic rings. The summed E-state index contributed by atoms with van der Waals surface area (Å²) in [5.41, 5.74) is 1.25. The van der Waals surface area contributed by atoms with Crippen molar-refractivity contribution in [1.29, 1.82) is 0 Å². The number of amides is 1. The maximum Gasteiger partial charge on any atom is 0.248 e. The van der Waals surface area contributed by atoms with E-state index in [1.165, 1.54) is 6.08 Å². The van der Waals surface area contributed by atoms with Gasteiger partial charge >= 0.3 is 0 Å². The smallest absolute Gasteiger partial charge is 0.248 e. The third-order valence-electron chi connectivity index (χ3n) is 2.84. The second-order valence-corrected chi connectivity index (χ2v) is 7.07. The summed E-state index contributed by atoms with van der Waals surface area (Å²) >= 11 is 18.7. The fourth-order valence-electron chi connectivity index (χ4n) is 1.85. The molecule has 2 rings (SSSR count). The van der Waals surface area contributed by atoms with Crippen molar-refractivity contribution in [3.63, 3.8) is 0 Å². The molecule has 7 heteroatoms. The van der Waals surface area contributed by atoms with Crippen LogP contribution in [0.1, 0.15) is 5.56 Å². The molecule has 0 aromatic heterocycles. The molecule has 0 saturated carbocycles. The van der Waals surface area contributed by atoms with E-state index in [1.54, 1.807) is 31.4 Å². The number of carbonyl (C=O) groups is 1. The number of ether oxygens (including phenoxy) is 1. The number of halogens is 4. The highest BCUT2D eigenvalue weighted by molar-refractivity contribution is 9.11. The Morgan fingerprint density at radius 2 is 1.96 bits per heavy atom. The Hall–Kier alpha value is -1.01. The van der Waals surface area contributed by atoms with Crippen LogP contribution in [0.25, 0.3) is 6.08 Å². The number of rotatable bonds is 4. The highest BCUT2D eigenvalue weighted by Crippen LogP contribution is 2.33. The SMILES string of the molecule is COc1c(Br)cc(Br)cc1/C=C/C(=O)Nc1ccc(Cl)cc1Cl. The van der Waals surface area contributed by atoms with Gasteiger partial charge in [0.2, 0.25) is 5.91 Å². The molecule has 0 radical (unpaired) electrons. The Bertz CT molecular complexity index is 779. The zero-order valence-electron chi connectivity index (χ0n) is 11.9. The number of hydrogen-bond donors (Lipinski definition) is 1. The standard InChI is InChI=1S/C16H11Br2Cl2NO2/c1-23-16-9(6-10(17)7-12(16)18)2-5-15(22)21-14-4-3-11(19)8-13(14)20/h2-8H,1H3,(H,21,22)/b5-2+. The molecule has 0 saturated heterocycles. The molecule has 1 N–H and O–H groups in total. The monoisotopic (exact) mass is 477 g/mol. The van der Waals surface area contributed by atoms with E-state index in [0.717, 1.165) is 14.5 Å². The molecule has 0 fully saturated rings. The van der Waals surface area contributed by atoms with Crippen LogP contribution in [0, 0.1) is 0 Å². The third kappa shape index (κ3) is 4.98. The minimum atomic E-state index is -0.313. The van der Waals surface area contributed by atoms with E-state index < -0.39 is 0 Å². The second-order valence-electron chi connectivity index (χ2n) is 4.46. The van der Waals surface area contributed by atoms with E-state index in [0.29, 0.717) is 21.5 Å². The molecule has 3 nitrogen and oxygen atoms in total. The lowest BCUT2D eigenvalue weighted by Gasteiger charge is -2.08. The molecule has 0 heterocycles. The molecular formula is C16H11Br2Cl2NO2. The van der Waals surface area contributed by atoms with Crippen molar-refractivity contribution in [2.24, 2.45) is 0 Å². The van der Waals surface area contributed by atoms with Crippen molar-refractivity contribution in [2.45, 2.75) is 0 Å². The molecule has 0 atom stereocenters. The van der Waals surface area contributed by atoms with Gasteiger partial charge in [0.05, 0.1) is 22.3 Å². The van der Waals surface area contributed by atoms with Gasteiger partial charge in [0, 0.05) is 21.1 Å². The summed E-state index contributed by atoms with van der Waals surface area (Å²) in [5.74, 6) is 0.328. The quantitative estimate of drug-likeness (QED) is 0.532. The summed E-state index contributed by atoms with van der Waals surface area (Å²) in [6.07, 6.45) is 3.06. The predicted octanol–water partition coefficient (Wildman–Crippen LogP) is 6.18. The fourth-order valence-corrected chi connectivity index (χ4v) is 3.73. The Balaban J connectivity index is 2.18. The molecule has 0 spiro atoms. The lowest BCUT2D eigenvalue weighted by Crippen LogP contribution is -2.08. The van der Waals surface area contributed by atoms with Crippen molar-refractivity contribution >= 4 is 72.7 Å². The van der Waals surface area contributed by atoms with E-state index in [4.69, 9.17) is 27.9 Å². The van der Waals surface area contributed by atoms with Gasteiger partial charge in [0.15, 0.2) is 0 Å². The lowest BCUT2D eigenvalue weighted by atomic mass is 10.2. The van der Waals surface area contributed by atoms with Crippen LogP contribution >= 0.6 is 55.1 Å². The van der Waals surface area contributed by atoms with Crippen LogP contribution in [0.3, 0.4) is 0 Å². The predicted molar refractivity (Wildman–Crippen MR) is 103 cm³/mol. The van der Waals surface area contributed by atoms with E-state index in [-0.39, 0.29) is 5.91 Å². The lowest BCUT2D eigenvalue weighted by molar-refractivity contribution is -0.111. The van der Waals surface area contributed by atoms with E-state index >= 15 is 0 Å². The molecular weight excluding hydrogens is 469 g/mol. The van der Waals surface area contributed by atoms with Gasteiger partial charge in [0.25, 0.3) is 0 Å². The number of anilines is 1. The zero-order chi connectivity index (χ0) is 17.0. The number of benzene rings is 2. The molecule has 0 unspecified atom stereocenters. The van der Waals surface area contributed by atoms with Crippen LogP contribution in [-0.4, -0.2) is 13.0 Å². The Labute approximate surface area is 160 Å². The van der Waals surface area contributed by atoms with Crippen LogP contribution in [0.15, 0.2) is 45.4 Å². The Morgan fingerprint density at radius 3 is 2.61 bits per heavy atom. The van der Waals surface area contributed by atoms with Gasteiger partial charge in [-0.25, -0.2) is 0 Å². The average molecular weight is 480 g/mol. The number of carbonyl (C=O) groups excluding carboxylic acids is 1. The summed E-state index contributed by atoms with van der Waals surface area (Å²) in [5, 5.41) is 3.58. The summed E-state index contributed by atoms with van der Waals surface area (Å²) < 4.78 is 6.98. The maximum absolute atomic E-state index is 12.0. The Morgan fingerprint density at radius 1 is 1.22 bits per heavy atom. The van der Waals surface area contributed by atoms with Gasteiger partial charge in [-0.3, -0.25) is 4.79 Å². The average Bonchev–Trinajstić information content (AvgIpc) is 2.47. The van der Waals surface area contributed by atoms with Crippen molar-refractivity contribution in [2.75, 3.05) is 12.4 Å². The van der Waals surface area contributed by atoms with Crippen molar-refractivity contribution in [1.82, 2.24) is 0 Å². The van der Waals surface area contributed by atoms with E-state index in [9.17, 15) is 4.79 Å². The van der Waals surface area contributed by atoms with E-state index in [2.05, 4.69) is 37.2 Å². The van der Waals surface area contributed by atoms with Crippen LogP contribution in [0.4, 0.5) is 5.69 Å². The summed E-state index contributed by atoms with van der Waals surface area (Å²) in [7, 11) is 1.57. The van der Waals surface area contributed by atoms with Crippen molar-refractivity contribution in [3.05, 3.63) is 61.0 Å². The summed E-state index contributed by atoms with van der Waals surface area (Å²) in [4.78, 5) is 12.0. The van der Waals surface area contributed by atoms with Crippen LogP contribution in [0.5, 0.6) is 5.75 Å². The molecule has 0 aliphatic heterocycles.